The molecule has 2 N–H and O–H groups in total. The molecule has 2 rings (SSSR count). The number of benzene rings is 1. The van der Waals surface area contributed by atoms with Crippen molar-refractivity contribution in [2.24, 2.45) is 0 Å². The Balaban J connectivity index is 1.83. The standard InChI is InChI=1S/C13H16N2O/c14-8-11-3-1-4-12(7-11)9-15-10-13(16)5-2-6-13/h1,3-4,7,15-16H,2,5-6,9-10H2. The Morgan fingerprint density at radius 2 is 2.25 bits per heavy atom. The number of nitrogens with one attached hydrogen (secondary N) is 1. The third-order valence-electron chi connectivity index (χ3n) is 3.12. The van der Waals surface area contributed by atoms with Crippen molar-refractivity contribution in [3.63, 3.8) is 0 Å². The smallest absolute Gasteiger partial charge is 0.0991 e. The van der Waals surface area contributed by atoms with E-state index in [0.717, 1.165) is 24.8 Å². The lowest BCUT2D eigenvalue weighted by Gasteiger charge is -2.36. The maximum Gasteiger partial charge on any atom is 0.0991 e. The molecule has 1 saturated carbocycles. The van der Waals surface area contributed by atoms with E-state index in [0.29, 0.717) is 18.7 Å². The van der Waals surface area contributed by atoms with Crippen molar-refractivity contribution in [2.45, 2.75) is 31.4 Å². The second kappa shape index (κ2) is 4.65. The molecule has 0 aromatic heterocycles. The van der Waals surface area contributed by atoms with Gasteiger partial charge in [0.05, 0.1) is 17.2 Å². The molecule has 1 aliphatic carbocycles. The first-order valence-electron chi connectivity index (χ1n) is 5.64. The zero-order valence-electron chi connectivity index (χ0n) is 9.24. The molecule has 0 radical (unpaired) electrons. The van der Waals surface area contributed by atoms with Gasteiger partial charge < -0.3 is 10.4 Å². The Bertz CT molecular complexity index is 405. The van der Waals surface area contributed by atoms with Crippen LogP contribution in [-0.4, -0.2) is 17.3 Å². The molecule has 0 heterocycles. The molecule has 3 nitrogen and oxygen atoms in total. The van der Waals surface area contributed by atoms with E-state index < -0.39 is 5.60 Å². The van der Waals surface area contributed by atoms with Gasteiger partial charge in [-0.1, -0.05) is 12.1 Å². The van der Waals surface area contributed by atoms with E-state index in [9.17, 15) is 5.11 Å². The van der Waals surface area contributed by atoms with Gasteiger partial charge in [-0.25, -0.2) is 0 Å². The fourth-order valence-corrected chi connectivity index (χ4v) is 1.95. The summed E-state index contributed by atoms with van der Waals surface area (Å²) in [7, 11) is 0. The van der Waals surface area contributed by atoms with Crippen LogP contribution in [0.25, 0.3) is 0 Å². The Morgan fingerprint density at radius 3 is 2.88 bits per heavy atom. The number of rotatable bonds is 4. The highest BCUT2D eigenvalue weighted by atomic mass is 16.3. The van der Waals surface area contributed by atoms with Crippen molar-refractivity contribution in [3.05, 3.63) is 35.4 Å². The molecule has 0 spiro atoms. The van der Waals surface area contributed by atoms with Gasteiger partial charge in [-0.2, -0.15) is 5.26 Å². The molecule has 1 aromatic carbocycles. The molecular weight excluding hydrogens is 200 g/mol. The van der Waals surface area contributed by atoms with E-state index in [2.05, 4.69) is 11.4 Å². The average Bonchev–Trinajstić information content (AvgIpc) is 2.27. The van der Waals surface area contributed by atoms with E-state index in [1.807, 2.05) is 18.2 Å². The van der Waals surface area contributed by atoms with Crippen LogP contribution in [0.5, 0.6) is 0 Å². The molecule has 0 amide bonds. The third-order valence-corrected chi connectivity index (χ3v) is 3.12. The number of hydrogen-bond donors (Lipinski definition) is 2. The van der Waals surface area contributed by atoms with Gasteiger partial charge in [0.25, 0.3) is 0 Å². The molecule has 1 aliphatic rings. The summed E-state index contributed by atoms with van der Waals surface area (Å²) < 4.78 is 0. The van der Waals surface area contributed by atoms with E-state index in [1.165, 1.54) is 0 Å². The molecule has 0 unspecified atom stereocenters. The minimum atomic E-state index is -0.479. The number of nitriles is 1. The topological polar surface area (TPSA) is 56.0 Å². The van der Waals surface area contributed by atoms with E-state index >= 15 is 0 Å². The highest BCUT2D eigenvalue weighted by Crippen LogP contribution is 2.30. The number of hydrogen-bond acceptors (Lipinski definition) is 3. The quantitative estimate of drug-likeness (QED) is 0.803. The highest BCUT2D eigenvalue weighted by molar-refractivity contribution is 5.32. The van der Waals surface area contributed by atoms with Crippen molar-refractivity contribution in [2.75, 3.05) is 6.54 Å². The van der Waals surface area contributed by atoms with Crippen molar-refractivity contribution in [1.29, 1.82) is 5.26 Å². The lowest BCUT2D eigenvalue weighted by atomic mass is 9.80. The molecule has 1 aromatic rings. The van der Waals surface area contributed by atoms with Crippen molar-refractivity contribution in [3.8, 4) is 6.07 Å². The summed E-state index contributed by atoms with van der Waals surface area (Å²) in [5.74, 6) is 0. The summed E-state index contributed by atoms with van der Waals surface area (Å²) in [5.41, 5.74) is 1.29. The normalized spacial score (nSPS) is 17.5. The van der Waals surface area contributed by atoms with Gasteiger partial charge in [0.1, 0.15) is 0 Å². The monoisotopic (exact) mass is 216 g/mol. The van der Waals surface area contributed by atoms with Gasteiger partial charge in [-0.15, -0.1) is 0 Å². The highest BCUT2D eigenvalue weighted by Gasteiger charge is 2.33. The molecule has 0 atom stereocenters. The molecule has 16 heavy (non-hydrogen) atoms. The van der Waals surface area contributed by atoms with Gasteiger partial charge >= 0.3 is 0 Å². The first-order chi connectivity index (χ1) is 7.72. The summed E-state index contributed by atoms with van der Waals surface area (Å²) in [6.07, 6.45) is 2.93. The van der Waals surface area contributed by atoms with Crippen molar-refractivity contribution < 1.29 is 5.11 Å². The van der Waals surface area contributed by atoms with Gasteiger partial charge in [0, 0.05) is 13.1 Å². The summed E-state index contributed by atoms with van der Waals surface area (Å²) in [6, 6.07) is 9.65. The zero-order chi connectivity index (χ0) is 11.4. The minimum absolute atomic E-state index is 0.479. The van der Waals surface area contributed by atoms with Crippen LogP contribution in [0.4, 0.5) is 0 Å². The average molecular weight is 216 g/mol. The largest absolute Gasteiger partial charge is 0.389 e. The van der Waals surface area contributed by atoms with Crippen LogP contribution >= 0.6 is 0 Å². The molecule has 0 saturated heterocycles. The minimum Gasteiger partial charge on any atom is -0.389 e. The van der Waals surface area contributed by atoms with Gasteiger partial charge in [-0.05, 0) is 37.0 Å². The van der Waals surface area contributed by atoms with Crippen LogP contribution in [0, 0.1) is 11.3 Å². The SMILES string of the molecule is N#Cc1cccc(CNCC2(O)CCC2)c1. The summed E-state index contributed by atoms with van der Waals surface area (Å²) in [5, 5.41) is 21.9. The van der Waals surface area contributed by atoms with E-state index in [-0.39, 0.29) is 0 Å². The Labute approximate surface area is 95.7 Å². The van der Waals surface area contributed by atoms with Crippen LogP contribution in [-0.2, 0) is 6.54 Å². The lowest BCUT2D eigenvalue weighted by molar-refractivity contribution is -0.0314. The molecule has 84 valence electrons. The second-order valence-electron chi connectivity index (χ2n) is 4.49. The summed E-state index contributed by atoms with van der Waals surface area (Å²) >= 11 is 0. The van der Waals surface area contributed by atoms with Crippen LogP contribution in [0.1, 0.15) is 30.4 Å². The number of nitrogens with zero attached hydrogens (tertiary/aromatic N) is 1. The summed E-state index contributed by atoms with van der Waals surface area (Å²) in [4.78, 5) is 0. The lowest BCUT2D eigenvalue weighted by Crippen LogP contribution is -2.45. The molecular formula is C13H16N2O. The van der Waals surface area contributed by atoms with Gasteiger partial charge in [0.2, 0.25) is 0 Å². The van der Waals surface area contributed by atoms with Crippen molar-refractivity contribution in [1.82, 2.24) is 5.32 Å². The zero-order valence-corrected chi connectivity index (χ0v) is 9.24. The molecule has 0 bridgehead atoms. The fourth-order valence-electron chi connectivity index (χ4n) is 1.95. The van der Waals surface area contributed by atoms with Gasteiger partial charge in [-0.3, -0.25) is 0 Å². The number of aliphatic hydroxyl groups is 1. The maximum atomic E-state index is 9.87. The Hall–Kier alpha value is -1.37. The van der Waals surface area contributed by atoms with Crippen LogP contribution in [0.15, 0.2) is 24.3 Å². The summed E-state index contributed by atoms with van der Waals surface area (Å²) in [6.45, 7) is 1.35. The fraction of sp³-hybridized carbons (Fsp3) is 0.462. The third kappa shape index (κ3) is 2.60. The van der Waals surface area contributed by atoms with Crippen LogP contribution in [0.3, 0.4) is 0 Å². The second-order valence-corrected chi connectivity index (χ2v) is 4.49. The molecule has 0 aliphatic heterocycles. The molecule has 3 heteroatoms. The molecule has 1 fully saturated rings. The Kier molecular flexibility index (Phi) is 3.23. The first-order valence-corrected chi connectivity index (χ1v) is 5.64. The Morgan fingerprint density at radius 1 is 1.44 bits per heavy atom. The maximum absolute atomic E-state index is 9.87. The van der Waals surface area contributed by atoms with Crippen molar-refractivity contribution >= 4 is 0 Å². The van der Waals surface area contributed by atoms with Crippen LogP contribution in [0.2, 0.25) is 0 Å². The van der Waals surface area contributed by atoms with Crippen LogP contribution < -0.4 is 5.32 Å². The first kappa shape index (κ1) is 11.1. The van der Waals surface area contributed by atoms with E-state index in [1.54, 1.807) is 6.07 Å². The predicted molar refractivity (Wildman–Crippen MR) is 61.7 cm³/mol. The van der Waals surface area contributed by atoms with Gasteiger partial charge in [0.15, 0.2) is 0 Å². The van der Waals surface area contributed by atoms with E-state index in [4.69, 9.17) is 5.26 Å². The predicted octanol–water partition coefficient (Wildman–Crippen LogP) is 1.56.